The number of hydrogen-bond acceptors (Lipinski definition) is 6. The normalized spacial score (nSPS) is 14.3. The first-order valence-corrected chi connectivity index (χ1v) is 16.2. The lowest BCUT2D eigenvalue weighted by atomic mass is 10.00. The largest absolute Gasteiger partial charge is 0.344 e. The summed E-state index contributed by atoms with van der Waals surface area (Å²) in [7, 11) is 0. The van der Waals surface area contributed by atoms with Gasteiger partial charge in [-0.2, -0.15) is 4.52 Å². The van der Waals surface area contributed by atoms with E-state index in [4.69, 9.17) is 25.1 Å². The molecule has 0 aliphatic carbocycles. The second-order valence-corrected chi connectivity index (χ2v) is 11.9. The molecule has 8 aromatic rings. The molecular formula is C42H29N7. The molecule has 0 fully saturated rings. The zero-order chi connectivity index (χ0) is 32.6. The molecule has 0 amide bonds. The summed E-state index contributed by atoms with van der Waals surface area (Å²) >= 11 is 0. The highest BCUT2D eigenvalue weighted by Gasteiger charge is 2.21. The molecule has 1 N–H and O–H groups in total. The molecule has 9 rings (SSSR count). The van der Waals surface area contributed by atoms with Gasteiger partial charge in [0.25, 0.3) is 0 Å². The van der Waals surface area contributed by atoms with Gasteiger partial charge in [0, 0.05) is 27.6 Å². The van der Waals surface area contributed by atoms with Crippen molar-refractivity contribution in [2.45, 2.75) is 6.17 Å². The van der Waals surface area contributed by atoms with Gasteiger partial charge in [-0.15, -0.1) is 5.10 Å². The first kappa shape index (κ1) is 28.5. The first-order valence-electron chi connectivity index (χ1n) is 16.2. The molecule has 3 heterocycles. The zero-order valence-electron chi connectivity index (χ0n) is 26.3. The van der Waals surface area contributed by atoms with Crippen LogP contribution in [-0.4, -0.2) is 31.3 Å². The standard InChI is InChI=1S/C42H29N7/c1-4-14-28(15-5-1)37-44-38(29-16-6-2-7-17-29)46-39(45-37)33-22-12-20-31(26-33)32-21-13-23-34(27-32)40-47-42-35-24-10-11-25-36(35)43-41(49(42)48-40)30-18-8-3-9-19-30/h1-27,37H,(H,44,45,46). The Morgan fingerprint density at radius 1 is 0.510 bits per heavy atom. The van der Waals surface area contributed by atoms with Gasteiger partial charge in [0.05, 0.1) is 5.52 Å². The molecule has 2 aromatic heterocycles. The Labute approximate surface area is 283 Å². The SMILES string of the molecule is c1ccc(C2=NC(c3ccccc3)NC(c3cccc(-c4cccc(-c5nc6c7ccccc7nc(-c7ccccc7)n6n5)c4)c3)=N2)cc1. The van der Waals surface area contributed by atoms with Crippen LogP contribution in [-0.2, 0) is 0 Å². The predicted octanol–water partition coefficient (Wildman–Crippen LogP) is 8.77. The van der Waals surface area contributed by atoms with E-state index in [0.717, 1.165) is 67.2 Å². The Morgan fingerprint density at radius 2 is 1.10 bits per heavy atom. The Bertz CT molecular complexity index is 2520. The lowest BCUT2D eigenvalue weighted by molar-refractivity contribution is 0.674. The molecular weight excluding hydrogens is 603 g/mol. The van der Waals surface area contributed by atoms with Gasteiger partial charge in [-0.25, -0.2) is 20.0 Å². The Balaban J connectivity index is 1.10. The number of amidine groups is 2. The van der Waals surface area contributed by atoms with Gasteiger partial charge in [0.1, 0.15) is 12.0 Å². The van der Waals surface area contributed by atoms with Gasteiger partial charge in [0.15, 0.2) is 23.1 Å². The summed E-state index contributed by atoms with van der Waals surface area (Å²) in [4.78, 5) is 20.0. The molecule has 1 aliphatic heterocycles. The van der Waals surface area contributed by atoms with Crippen LogP contribution in [0.1, 0.15) is 22.9 Å². The molecule has 1 atom stereocenters. The van der Waals surface area contributed by atoms with Crippen LogP contribution in [0.4, 0.5) is 0 Å². The van der Waals surface area contributed by atoms with Gasteiger partial charge in [0.2, 0.25) is 0 Å². The molecule has 7 heteroatoms. The van der Waals surface area contributed by atoms with Crippen LogP contribution in [0.15, 0.2) is 174 Å². The van der Waals surface area contributed by atoms with Crippen molar-refractivity contribution >= 4 is 28.2 Å². The smallest absolute Gasteiger partial charge is 0.182 e. The number of aliphatic imine (C=N–C) groups is 2. The van der Waals surface area contributed by atoms with Gasteiger partial charge in [-0.3, -0.25) is 0 Å². The summed E-state index contributed by atoms with van der Waals surface area (Å²) in [6.07, 6.45) is -0.261. The molecule has 1 aliphatic rings. The number of nitrogens with one attached hydrogen (secondary N) is 1. The van der Waals surface area contributed by atoms with Crippen molar-refractivity contribution in [1.82, 2.24) is 24.9 Å². The molecule has 0 spiro atoms. The number of benzene rings is 6. The molecule has 0 radical (unpaired) electrons. The van der Waals surface area contributed by atoms with E-state index in [1.807, 2.05) is 108 Å². The van der Waals surface area contributed by atoms with E-state index in [0.29, 0.717) is 11.7 Å². The van der Waals surface area contributed by atoms with E-state index >= 15 is 0 Å². The minimum atomic E-state index is -0.261. The van der Waals surface area contributed by atoms with Gasteiger partial charge >= 0.3 is 0 Å². The van der Waals surface area contributed by atoms with Crippen LogP contribution in [0.25, 0.3) is 50.5 Å². The molecule has 7 nitrogen and oxygen atoms in total. The minimum Gasteiger partial charge on any atom is -0.344 e. The number of para-hydroxylation sites is 1. The van der Waals surface area contributed by atoms with E-state index in [-0.39, 0.29) is 6.17 Å². The maximum absolute atomic E-state index is 5.07. The average molecular weight is 632 g/mol. The molecule has 232 valence electrons. The van der Waals surface area contributed by atoms with Crippen LogP contribution in [0.3, 0.4) is 0 Å². The third-order valence-electron chi connectivity index (χ3n) is 8.69. The van der Waals surface area contributed by atoms with Crippen molar-refractivity contribution in [1.29, 1.82) is 0 Å². The van der Waals surface area contributed by atoms with Crippen LogP contribution >= 0.6 is 0 Å². The van der Waals surface area contributed by atoms with E-state index in [2.05, 4.69) is 66.0 Å². The quantitative estimate of drug-likeness (QED) is 0.199. The van der Waals surface area contributed by atoms with E-state index in [9.17, 15) is 0 Å². The number of hydrogen-bond donors (Lipinski definition) is 1. The summed E-state index contributed by atoms with van der Waals surface area (Å²) in [6, 6.07) is 55.4. The maximum Gasteiger partial charge on any atom is 0.182 e. The fourth-order valence-corrected chi connectivity index (χ4v) is 6.25. The minimum absolute atomic E-state index is 0.261. The van der Waals surface area contributed by atoms with Crippen LogP contribution in [0.5, 0.6) is 0 Å². The van der Waals surface area contributed by atoms with E-state index in [1.165, 1.54) is 0 Å². The average Bonchev–Trinajstić information content (AvgIpc) is 3.65. The van der Waals surface area contributed by atoms with Crippen molar-refractivity contribution in [3.05, 3.63) is 180 Å². The van der Waals surface area contributed by atoms with E-state index in [1.54, 1.807) is 0 Å². The lowest BCUT2D eigenvalue weighted by Gasteiger charge is -2.24. The molecule has 49 heavy (non-hydrogen) atoms. The van der Waals surface area contributed by atoms with Crippen LogP contribution in [0, 0.1) is 0 Å². The van der Waals surface area contributed by atoms with Crippen molar-refractivity contribution in [3.8, 4) is 33.9 Å². The van der Waals surface area contributed by atoms with Gasteiger partial charge in [-0.1, -0.05) is 140 Å². The second-order valence-electron chi connectivity index (χ2n) is 11.9. The Hall–Kier alpha value is -6.73. The lowest BCUT2D eigenvalue weighted by Crippen LogP contribution is -2.33. The Morgan fingerprint density at radius 3 is 1.86 bits per heavy atom. The predicted molar refractivity (Wildman–Crippen MR) is 196 cm³/mol. The Kier molecular flexibility index (Phi) is 7.05. The highest BCUT2D eigenvalue weighted by molar-refractivity contribution is 6.13. The molecule has 0 saturated carbocycles. The summed E-state index contributed by atoms with van der Waals surface area (Å²) < 4.78 is 1.86. The summed E-state index contributed by atoms with van der Waals surface area (Å²) in [5, 5.41) is 9.55. The molecule has 0 saturated heterocycles. The van der Waals surface area contributed by atoms with Gasteiger partial charge < -0.3 is 5.32 Å². The second kappa shape index (κ2) is 12.1. The van der Waals surface area contributed by atoms with Crippen molar-refractivity contribution < 1.29 is 0 Å². The summed E-state index contributed by atoms with van der Waals surface area (Å²) in [5.74, 6) is 2.87. The number of nitrogens with zero attached hydrogens (tertiary/aromatic N) is 6. The highest BCUT2D eigenvalue weighted by Crippen LogP contribution is 2.30. The topological polar surface area (TPSA) is 79.8 Å². The van der Waals surface area contributed by atoms with Crippen molar-refractivity contribution in [2.24, 2.45) is 9.98 Å². The van der Waals surface area contributed by atoms with Crippen molar-refractivity contribution in [2.75, 3.05) is 0 Å². The zero-order valence-corrected chi connectivity index (χ0v) is 26.3. The fraction of sp³-hybridized carbons (Fsp3) is 0.0238. The van der Waals surface area contributed by atoms with Gasteiger partial charge in [-0.05, 0) is 41.0 Å². The number of fused-ring (bicyclic) bond motifs is 3. The van der Waals surface area contributed by atoms with E-state index < -0.39 is 0 Å². The molecule has 0 bridgehead atoms. The number of aromatic nitrogens is 4. The van der Waals surface area contributed by atoms with Crippen molar-refractivity contribution in [3.63, 3.8) is 0 Å². The monoisotopic (exact) mass is 631 g/mol. The highest BCUT2D eigenvalue weighted by atomic mass is 15.3. The summed E-state index contributed by atoms with van der Waals surface area (Å²) in [6.45, 7) is 0. The molecule has 6 aromatic carbocycles. The van der Waals surface area contributed by atoms with Crippen LogP contribution in [0.2, 0.25) is 0 Å². The molecule has 1 unspecified atom stereocenters. The third kappa shape index (κ3) is 5.43. The summed E-state index contributed by atoms with van der Waals surface area (Å²) in [5.41, 5.74) is 8.70. The maximum atomic E-state index is 5.07. The third-order valence-corrected chi connectivity index (χ3v) is 8.69. The van der Waals surface area contributed by atoms with Crippen LogP contribution < -0.4 is 5.32 Å². The number of rotatable bonds is 6. The first-order chi connectivity index (χ1) is 24.3. The fourth-order valence-electron chi connectivity index (χ4n) is 6.25.